The first-order valence-corrected chi connectivity index (χ1v) is 13.1. The van der Waals surface area contributed by atoms with Crippen LogP contribution in [-0.2, 0) is 16.6 Å². The normalized spacial score (nSPS) is 15.4. The molecule has 188 valence electrons. The molecule has 1 N–H and O–H groups in total. The van der Waals surface area contributed by atoms with Gasteiger partial charge in [-0.15, -0.1) is 10.2 Å². The molecule has 1 aliphatic heterocycles. The molecule has 0 amide bonds. The molecule has 0 atom stereocenters. The fourth-order valence-corrected chi connectivity index (χ4v) is 6.03. The van der Waals surface area contributed by atoms with E-state index in [4.69, 9.17) is 4.98 Å². The predicted molar refractivity (Wildman–Crippen MR) is 131 cm³/mol. The second-order valence-corrected chi connectivity index (χ2v) is 10.7. The summed E-state index contributed by atoms with van der Waals surface area (Å²) in [6.45, 7) is 1.03. The number of sulfonamides is 1. The van der Waals surface area contributed by atoms with E-state index in [-0.39, 0.29) is 21.9 Å². The monoisotopic (exact) mass is 518 g/mol. The molecule has 0 aliphatic carbocycles. The summed E-state index contributed by atoms with van der Waals surface area (Å²) in [4.78, 5) is 20.4. The van der Waals surface area contributed by atoms with Crippen LogP contribution in [-0.4, -0.2) is 71.0 Å². The average Bonchev–Trinajstić information content (AvgIpc) is 3.61. The lowest BCUT2D eigenvalue weighted by Gasteiger charge is -2.30. The summed E-state index contributed by atoms with van der Waals surface area (Å²) >= 11 is 0. The van der Waals surface area contributed by atoms with Crippen molar-refractivity contribution in [3.05, 3.63) is 82.7 Å². The zero-order valence-electron chi connectivity index (χ0n) is 19.5. The lowest BCUT2D eigenvalue weighted by atomic mass is 9.97. The first kappa shape index (κ1) is 23.1. The Bertz CT molecular complexity index is 1710. The van der Waals surface area contributed by atoms with Crippen LogP contribution >= 0.6 is 0 Å². The fraction of sp³-hybridized carbons (Fsp3) is 0.261. The minimum absolute atomic E-state index is 0.101. The summed E-state index contributed by atoms with van der Waals surface area (Å²) in [6.07, 6.45) is 2.43. The zero-order valence-corrected chi connectivity index (χ0v) is 20.4. The van der Waals surface area contributed by atoms with Crippen molar-refractivity contribution in [2.75, 3.05) is 13.1 Å². The van der Waals surface area contributed by atoms with E-state index >= 15 is 0 Å². The number of nitrogens with zero attached hydrogens (tertiary/aromatic N) is 9. The second kappa shape index (κ2) is 9.29. The highest BCUT2D eigenvalue weighted by Gasteiger charge is 2.31. The van der Waals surface area contributed by atoms with Gasteiger partial charge >= 0.3 is 0 Å². The number of aromatic nitrogens is 9. The molecule has 37 heavy (non-hydrogen) atoms. The highest BCUT2D eigenvalue weighted by Crippen LogP contribution is 2.29. The highest BCUT2D eigenvalue weighted by atomic mass is 32.2. The second-order valence-electron chi connectivity index (χ2n) is 8.79. The molecular formula is C23H22N10O3S. The largest absolute Gasteiger partial charge is 0.308 e. The molecule has 6 rings (SSSR count). The summed E-state index contributed by atoms with van der Waals surface area (Å²) in [6, 6.07) is 16.2. The fourth-order valence-electron chi connectivity index (χ4n) is 4.52. The van der Waals surface area contributed by atoms with Gasteiger partial charge in [-0.1, -0.05) is 41.6 Å². The van der Waals surface area contributed by atoms with E-state index in [1.165, 1.54) is 15.3 Å². The van der Waals surface area contributed by atoms with Crippen LogP contribution in [0, 0.1) is 0 Å². The molecule has 0 bridgehead atoms. The maximum Gasteiger partial charge on any atom is 0.281 e. The molecule has 14 heteroatoms. The molecule has 1 fully saturated rings. The van der Waals surface area contributed by atoms with Gasteiger partial charge < -0.3 is 4.98 Å². The van der Waals surface area contributed by atoms with E-state index in [9.17, 15) is 13.2 Å². The van der Waals surface area contributed by atoms with Crippen LogP contribution in [0.3, 0.4) is 0 Å². The number of nitrogens with one attached hydrogen (secondary N) is 1. The van der Waals surface area contributed by atoms with Gasteiger partial charge in [-0.2, -0.15) is 4.31 Å². The number of fused-ring (bicyclic) bond motifs is 1. The Morgan fingerprint density at radius 3 is 2.57 bits per heavy atom. The maximum atomic E-state index is 13.3. The molecule has 0 spiro atoms. The van der Waals surface area contributed by atoms with Crippen molar-refractivity contribution in [2.45, 2.75) is 30.2 Å². The number of aromatic amines is 1. The molecular weight excluding hydrogens is 496 g/mol. The Hall–Kier alpha value is -4.30. The summed E-state index contributed by atoms with van der Waals surface area (Å²) in [5, 5.41) is 19.1. The van der Waals surface area contributed by atoms with Crippen LogP contribution in [0.2, 0.25) is 0 Å². The lowest BCUT2D eigenvalue weighted by molar-refractivity contribution is 0.313. The van der Waals surface area contributed by atoms with E-state index in [1.54, 1.807) is 28.9 Å². The molecule has 13 nitrogen and oxygen atoms in total. The van der Waals surface area contributed by atoms with E-state index in [1.807, 2.05) is 30.3 Å². The number of piperidine rings is 1. The minimum Gasteiger partial charge on any atom is -0.308 e. The van der Waals surface area contributed by atoms with Gasteiger partial charge in [0.05, 0.1) is 17.1 Å². The van der Waals surface area contributed by atoms with Gasteiger partial charge in [-0.3, -0.25) is 4.79 Å². The first-order chi connectivity index (χ1) is 18.0. The van der Waals surface area contributed by atoms with Gasteiger partial charge in [-0.05, 0) is 47.0 Å². The van der Waals surface area contributed by atoms with Crippen LogP contribution in [0.1, 0.15) is 30.1 Å². The maximum absolute atomic E-state index is 13.3. The van der Waals surface area contributed by atoms with Crippen molar-refractivity contribution in [3.8, 4) is 5.69 Å². The van der Waals surface area contributed by atoms with Crippen molar-refractivity contribution < 1.29 is 8.42 Å². The molecule has 4 heterocycles. The van der Waals surface area contributed by atoms with Crippen LogP contribution in [0.4, 0.5) is 0 Å². The quantitative estimate of drug-likeness (QED) is 0.347. The van der Waals surface area contributed by atoms with Gasteiger partial charge in [0.15, 0.2) is 11.2 Å². The molecule has 0 radical (unpaired) electrons. The molecule has 5 aromatic rings. The topological polar surface area (TPSA) is 157 Å². The van der Waals surface area contributed by atoms with E-state index in [0.29, 0.717) is 49.6 Å². The summed E-state index contributed by atoms with van der Waals surface area (Å²) in [7, 11) is -3.72. The third-order valence-electron chi connectivity index (χ3n) is 6.48. The molecule has 2 aromatic carbocycles. The Balaban J connectivity index is 1.21. The Morgan fingerprint density at radius 1 is 1.00 bits per heavy atom. The Morgan fingerprint density at radius 2 is 1.81 bits per heavy atom. The number of hydrogen-bond donors (Lipinski definition) is 1. The summed E-state index contributed by atoms with van der Waals surface area (Å²) < 4.78 is 31.1. The van der Waals surface area contributed by atoms with E-state index < -0.39 is 10.0 Å². The SMILES string of the molecule is O=c1[nH]c(C2CCN(S(=O)(=O)c3cccc(-n4cnnn4)c3)CC2)nc2c1nnn2Cc1ccccc1. The van der Waals surface area contributed by atoms with E-state index in [0.717, 1.165) is 5.56 Å². The van der Waals surface area contributed by atoms with Gasteiger partial charge in [-0.25, -0.2) is 22.8 Å². The Kier molecular flexibility index (Phi) is 5.81. The zero-order chi connectivity index (χ0) is 25.4. The van der Waals surface area contributed by atoms with Crippen molar-refractivity contribution >= 4 is 21.2 Å². The average molecular weight is 519 g/mol. The lowest BCUT2D eigenvalue weighted by Crippen LogP contribution is -2.38. The number of benzene rings is 2. The van der Waals surface area contributed by atoms with Crippen molar-refractivity contribution in [1.29, 1.82) is 0 Å². The number of tetrazole rings is 1. The first-order valence-electron chi connectivity index (χ1n) is 11.7. The van der Waals surface area contributed by atoms with Gasteiger partial charge in [0.2, 0.25) is 10.0 Å². The third kappa shape index (κ3) is 4.40. The molecule has 3 aromatic heterocycles. The Labute approximate surface area is 210 Å². The number of H-pyrrole nitrogens is 1. The van der Waals surface area contributed by atoms with Gasteiger partial charge in [0.25, 0.3) is 5.56 Å². The van der Waals surface area contributed by atoms with Crippen LogP contribution in [0.15, 0.2) is 70.6 Å². The summed E-state index contributed by atoms with van der Waals surface area (Å²) in [5.41, 5.74) is 1.81. The highest BCUT2D eigenvalue weighted by molar-refractivity contribution is 7.89. The third-order valence-corrected chi connectivity index (χ3v) is 8.37. The van der Waals surface area contributed by atoms with Crippen LogP contribution in [0.5, 0.6) is 0 Å². The van der Waals surface area contributed by atoms with Crippen molar-refractivity contribution in [2.24, 2.45) is 0 Å². The smallest absolute Gasteiger partial charge is 0.281 e. The minimum atomic E-state index is -3.72. The van der Waals surface area contributed by atoms with E-state index in [2.05, 4.69) is 30.8 Å². The van der Waals surface area contributed by atoms with Gasteiger partial charge in [0.1, 0.15) is 12.2 Å². The predicted octanol–water partition coefficient (Wildman–Crippen LogP) is 1.11. The number of hydrogen-bond acceptors (Lipinski definition) is 9. The number of rotatable bonds is 6. The van der Waals surface area contributed by atoms with Crippen molar-refractivity contribution in [1.82, 2.24) is 49.5 Å². The summed E-state index contributed by atoms with van der Waals surface area (Å²) in [5.74, 6) is 0.419. The van der Waals surface area contributed by atoms with Gasteiger partial charge in [0, 0.05) is 19.0 Å². The standard InChI is InChI=1S/C23H22N10O3S/c34-23-20-22(32(29-27-20)14-16-5-2-1-3-6-16)25-21(26-23)17-9-11-31(12-10-17)37(35,36)19-8-4-7-18(13-19)33-15-24-28-30-33/h1-8,13,15,17H,9-12,14H2,(H,25,26,34). The molecule has 0 saturated carbocycles. The van der Waals surface area contributed by atoms with Crippen molar-refractivity contribution in [3.63, 3.8) is 0 Å². The molecule has 1 saturated heterocycles. The van der Waals surface area contributed by atoms with Crippen LogP contribution in [0.25, 0.3) is 16.9 Å². The molecule has 0 unspecified atom stereocenters. The molecule has 1 aliphatic rings. The van der Waals surface area contributed by atoms with Crippen LogP contribution < -0.4 is 5.56 Å².